The van der Waals surface area contributed by atoms with Crippen LogP contribution in [0.3, 0.4) is 0 Å². The zero-order valence-corrected chi connectivity index (χ0v) is 14.8. The molecule has 1 aromatic carbocycles. The van der Waals surface area contributed by atoms with E-state index in [1.807, 2.05) is 0 Å². The first-order valence-electron chi connectivity index (χ1n) is 8.48. The molecule has 0 bridgehead atoms. The van der Waals surface area contributed by atoms with Gasteiger partial charge in [0.2, 0.25) is 11.8 Å². The highest BCUT2D eigenvalue weighted by atomic mass is 19.4. The zero-order valence-electron chi connectivity index (χ0n) is 14.8. The Balaban J connectivity index is 1.89. The molecule has 1 heterocycles. The molecule has 2 rings (SSSR count). The van der Waals surface area contributed by atoms with Crippen LogP contribution in [0.15, 0.2) is 24.3 Å². The van der Waals surface area contributed by atoms with E-state index in [4.69, 9.17) is 5.11 Å². The lowest BCUT2D eigenvalue weighted by molar-refractivity contribution is -0.146. The highest BCUT2D eigenvalue weighted by Gasteiger charge is 2.31. The molecule has 1 aliphatic rings. The van der Waals surface area contributed by atoms with E-state index in [0.29, 0.717) is 25.9 Å². The second-order valence-corrected chi connectivity index (χ2v) is 6.62. The summed E-state index contributed by atoms with van der Waals surface area (Å²) in [6.07, 6.45) is -4.00. The van der Waals surface area contributed by atoms with Crippen LogP contribution in [0.5, 0.6) is 0 Å². The number of nitrogens with zero attached hydrogens (tertiary/aromatic N) is 2. The summed E-state index contributed by atoms with van der Waals surface area (Å²) in [6.45, 7) is 0.423. The van der Waals surface area contributed by atoms with Crippen LogP contribution in [-0.4, -0.2) is 59.4 Å². The largest absolute Gasteiger partial charge is 0.481 e. The molecule has 0 radical (unpaired) electrons. The molecule has 148 valence electrons. The lowest BCUT2D eigenvalue weighted by Gasteiger charge is -2.31. The average Bonchev–Trinajstić information content (AvgIpc) is 2.61. The molecule has 0 saturated carbocycles. The lowest BCUT2D eigenvalue weighted by Crippen LogP contribution is -2.45. The molecular weight excluding hydrogens is 365 g/mol. The van der Waals surface area contributed by atoms with Gasteiger partial charge in [0.15, 0.2) is 0 Å². The molecule has 0 spiro atoms. The van der Waals surface area contributed by atoms with Crippen molar-refractivity contribution in [3.8, 4) is 0 Å². The fourth-order valence-electron chi connectivity index (χ4n) is 2.93. The van der Waals surface area contributed by atoms with E-state index >= 15 is 0 Å². The predicted molar refractivity (Wildman–Crippen MR) is 89.7 cm³/mol. The van der Waals surface area contributed by atoms with E-state index < -0.39 is 29.5 Å². The minimum Gasteiger partial charge on any atom is -0.481 e. The molecule has 0 atom stereocenters. The van der Waals surface area contributed by atoms with Gasteiger partial charge in [-0.1, -0.05) is 18.2 Å². The molecule has 0 aliphatic carbocycles. The van der Waals surface area contributed by atoms with Crippen LogP contribution < -0.4 is 0 Å². The number of carboxylic acids is 1. The number of piperidine rings is 1. The number of alkyl halides is 3. The van der Waals surface area contributed by atoms with Gasteiger partial charge in [-0.3, -0.25) is 14.4 Å². The van der Waals surface area contributed by atoms with Gasteiger partial charge in [0.25, 0.3) is 0 Å². The topological polar surface area (TPSA) is 77.9 Å². The number of carbonyl (C=O) groups is 3. The second kappa shape index (κ2) is 8.41. The van der Waals surface area contributed by atoms with Crippen LogP contribution in [0, 0.1) is 5.92 Å². The van der Waals surface area contributed by atoms with Crippen LogP contribution >= 0.6 is 0 Å². The predicted octanol–water partition coefficient (Wildman–Crippen LogP) is 2.03. The summed E-state index contributed by atoms with van der Waals surface area (Å²) in [6, 6.07) is 4.52. The Labute approximate surface area is 154 Å². The van der Waals surface area contributed by atoms with Crippen molar-refractivity contribution in [3.05, 3.63) is 35.4 Å². The first kappa shape index (κ1) is 20.7. The average molecular weight is 386 g/mol. The zero-order chi connectivity index (χ0) is 20.2. The van der Waals surface area contributed by atoms with Gasteiger partial charge in [-0.2, -0.15) is 13.2 Å². The van der Waals surface area contributed by atoms with Crippen molar-refractivity contribution < 1.29 is 32.7 Å². The first-order chi connectivity index (χ1) is 12.6. The van der Waals surface area contributed by atoms with E-state index in [1.165, 1.54) is 29.0 Å². The van der Waals surface area contributed by atoms with Crippen molar-refractivity contribution >= 4 is 17.8 Å². The van der Waals surface area contributed by atoms with Crippen molar-refractivity contribution in [1.29, 1.82) is 0 Å². The molecule has 1 N–H and O–H groups in total. The molecule has 1 fully saturated rings. The SMILES string of the molecule is CN(CC(=O)N1CCC(C(=O)O)CC1)C(=O)Cc1cccc(C(F)(F)F)c1. The number of benzene rings is 1. The molecule has 6 nitrogen and oxygen atoms in total. The summed E-state index contributed by atoms with van der Waals surface area (Å²) < 4.78 is 38.2. The minimum atomic E-state index is -4.48. The third-order valence-electron chi connectivity index (χ3n) is 4.60. The Bertz CT molecular complexity index is 713. The van der Waals surface area contributed by atoms with Gasteiger partial charge < -0.3 is 14.9 Å². The van der Waals surface area contributed by atoms with Gasteiger partial charge in [-0.15, -0.1) is 0 Å². The van der Waals surface area contributed by atoms with Crippen LogP contribution in [0.2, 0.25) is 0 Å². The number of aliphatic carboxylic acids is 1. The highest BCUT2D eigenvalue weighted by Crippen LogP contribution is 2.29. The summed E-state index contributed by atoms with van der Waals surface area (Å²) in [5.74, 6) is -2.12. The second-order valence-electron chi connectivity index (χ2n) is 6.62. The third kappa shape index (κ3) is 5.70. The number of likely N-dealkylation sites (N-methyl/N-ethyl adjacent to an activating group) is 1. The maximum atomic E-state index is 12.7. The number of hydrogen-bond acceptors (Lipinski definition) is 3. The van der Waals surface area contributed by atoms with Crippen molar-refractivity contribution in [2.75, 3.05) is 26.7 Å². The molecule has 0 unspecified atom stereocenters. The first-order valence-corrected chi connectivity index (χ1v) is 8.48. The van der Waals surface area contributed by atoms with Crippen molar-refractivity contribution in [3.63, 3.8) is 0 Å². The Morgan fingerprint density at radius 3 is 2.41 bits per heavy atom. The monoisotopic (exact) mass is 386 g/mol. The van der Waals surface area contributed by atoms with E-state index in [1.54, 1.807) is 0 Å². The maximum absolute atomic E-state index is 12.7. The molecule has 1 aromatic rings. The highest BCUT2D eigenvalue weighted by molar-refractivity contribution is 5.86. The van der Waals surface area contributed by atoms with Gasteiger partial charge >= 0.3 is 12.1 Å². The Hall–Kier alpha value is -2.58. The van der Waals surface area contributed by atoms with Crippen molar-refractivity contribution in [2.24, 2.45) is 5.92 Å². The minimum absolute atomic E-state index is 0.199. The Morgan fingerprint density at radius 2 is 1.85 bits per heavy atom. The van der Waals surface area contributed by atoms with Gasteiger partial charge in [-0.25, -0.2) is 0 Å². The normalized spacial score (nSPS) is 15.5. The molecule has 9 heteroatoms. The number of likely N-dealkylation sites (tertiary alicyclic amines) is 1. The third-order valence-corrected chi connectivity index (χ3v) is 4.60. The Kier molecular flexibility index (Phi) is 6.45. The number of carboxylic acid groups (broad SMARTS) is 1. The lowest BCUT2D eigenvalue weighted by atomic mass is 9.97. The summed E-state index contributed by atoms with van der Waals surface area (Å²) >= 11 is 0. The summed E-state index contributed by atoms with van der Waals surface area (Å²) in [5, 5.41) is 8.96. The number of amides is 2. The van der Waals surface area contributed by atoms with E-state index in [2.05, 4.69) is 0 Å². The van der Waals surface area contributed by atoms with Crippen LogP contribution in [0.25, 0.3) is 0 Å². The van der Waals surface area contributed by atoms with E-state index in [9.17, 15) is 27.6 Å². The summed E-state index contributed by atoms with van der Waals surface area (Å²) in [4.78, 5) is 38.1. The fourth-order valence-corrected chi connectivity index (χ4v) is 2.93. The van der Waals surface area contributed by atoms with Gasteiger partial charge in [-0.05, 0) is 24.5 Å². The number of hydrogen-bond donors (Lipinski definition) is 1. The van der Waals surface area contributed by atoms with Crippen LogP contribution in [0.4, 0.5) is 13.2 Å². The van der Waals surface area contributed by atoms with Crippen LogP contribution in [-0.2, 0) is 27.0 Å². The molecule has 0 aromatic heterocycles. The quantitative estimate of drug-likeness (QED) is 0.840. The number of carbonyl (C=O) groups excluding carboxylic acids is 2. The van der Waals surface area contributed by atoms with E-state index in [0.717, 1.165) is 12.1 Å². The molecule has 1 saturated heterocycles. The Morgan fingerprint density at radius 1 is 1.22 bits per heavy atom. The van der Waals surface area contributed by atoms with Crippen LogP contribution in [0.1, 0.15) is 24.0 Å². The van der Waals surface area contributed by atoms with Crippen molar-refractivity contribution in [1.82, 2.24) is 9.80 Å². The van der Waals surface area contributed by atoms with Crippen molar-refractivity contribution in [2.45, 2.75) is 25.4 Å². The molecule has 2 amide bonds. The summed E-state index contributed by atoms with van der Waals surface area (Å²) in [5.41, 5.74) is -0.607. The number of halogens is 3. The smallest absolute Gasteiger partial charge is 0.416 e. The maximum Gasteiger partial charge on any atom is 0.416 e. The standard InChI is InChI=1S/C18H21F3N2O4/c1-22(11-16(25)23-7-5-13(6-8-23)17(26)27)15(24)10-12-3-2-4-14(9-12)18(19,20)21/h2-4,9,13H,5-8,10-11H2,1H3,(H,26,27). The van der Waals surface area contributed by atoms with E-state index in [-0.39, 0.29) is 24.4 Å². The molecule has 27 heavy (non-hydrogen) atoms. The van der Waals surface area contributed by atoms with Gasteiger partial charge in [0.1, 0.15) is 0 Å². The van der Waals surface area contributed by atoms with Gasteiger partial charge in [0, 0.05) is 20.1 Å². The molecular formula is C18H21F3N2O4. The molecule has 1 aliphatic heterocycles. The van der Waals surface area contributed by atoms with Gasteiger partial charge in [0.05, 0.1) is 24.4 Å². The number of rotatable bonds is 5. The fraction of sp³-hybridized carbons (Fsp3) is 0.500. The summed E-state index contributed by atoms with van der Waals surface area (Å²) in [7, 11) is 1.41.